The highest BCUT2D eigenvalue weighted by Gasteiger charge is 2.27. The van der Waals surface area contributed by atoms with Gasteiger partial charge in [-0.05, 0) is 42.8 Å². The molecule has 1 aliphatic heterocycles. The van der Waals surface area contributed by atoms with Crippen LogP contribution in [-0.2, 0) is 10.0 Å². The minimum absolute atomic E-state index is 0. The third-order valence-corrected chi connectivity index (χ3v) is 6.44. The summed E-state index contributed by atoms with van der Waals surface area (Å²) >= 11 is 5.95. The number of carbonyl (C=O) groups is 1. The number of amides is 1. The zero-order valence-electron chi connectivity index (χ0n) is 14.7. The van der Waals surface area contributed by atoms with E-state index in [0.717, 1.165) is 10.7 Å². The van der Waals surface area contributed by atoms with Gasteiger partial charge in [-0.3, -0.25) is 9.10 Å². The van der Waals surface area contributed by atoms with Crippen LogP contribution in [0.1, 0.15) is 16.8 Å². The number of sulfonamides is 1. The van der Waals surface area contributed by atoms with Gasteiger partial charge in [0.2, 0.25) is 0 Å². The van der Waals surface area contributed by atoms with Gasteiger partial charge < -0.3 is 10.6 Å². The summed E-state index contributed by atoms with van der Waals surface area (Å²) in [6.07, 6.45) is 0.751. The van der Waals surface area contributed by atoms with Gasteiger partial charge in [0.05, 0.1) is 10.6 Å². The van der Waals surface area contributed by atoms with Crippen LogP contribution in [0.25, 0.3) is 0 Å². The van der Waals surface area contributed by atoms with Crippen molar-refractivity contribution in [2.75, 3.05) is 24.4 Å². The second-order valence-electron chi connectivity index (χ2n) is 6.28. The molecule has 2 N–H and O–H groups in total. The van der Waals surface area contributed by atoms with Gasteiger partial charge in [0, 0.05) is 36.8 Å². The molecule has 0 unspecified atom stereocenters. The minimum atomic E-state index is -3.82. The second kappa shape index (κ2) is 8.48. The molecule has 1 amide bonds. The smallest absolute Gasteiger partial charge is 0.264 e. The molecule has 2 aromatic carbocycles. The average Bonchev–Trinajstić information content (AvgIpc) is 3.07. The lowest BCUT2D eigenvalue weighted by molar-refractivity contribution is 0.0790. The number of hydrogen-bond donors (Lipinski definition) is 1. The van der Waals surface area contributed by atoms with Crippen molar-refractivity contribution >= 4 is 45.6 Å². The highest BCUT2D eigenvalue weighted by Crippen LogP contribution is 2.25. The van der Waals surface area contributed by atoms with Crippen LogP contribution in [0.4, 0.5) is 5.69 Å². The highest BCUT2D eigenvalue weighted by atomic mass is 35.5. The summed E-state index contributed by atoms with van der Waals surface area (Å²) in [7, 11) is -2.37. The first kappa shape index (κ1) is 21.5. The highest BCUT2D eigenvalue weighted by molar-refractivity contribution is 7.92. The number of hydrogen-bond acceptors (Lipinski definition) is 4. The Bertz CT molecular complexity index is 937. The quantitative estimate of drug-likeness (QED) is 0.809. The van der Waals surface area contributed by atoms with Gasteiger partial charge in [-0.15, -0.1) is 12.4 Å². The first-order valence-electron chi connectivity index (χ1n) is 8.18. The fourth-order valence-electron chi connectivity index (χ4n) is 2.91. The number of anilines is 1. The van der Waals surface area contributed by atoms with E-state index in [0.29, 0.717) is 29.4 Å². The summed E-state index contributed by atoms with van der Waals surface area (Å²) in [5, 5.41) is 0.443. The zero-order valence-corrected chi connectivity index (χ0v) is 17.1. The summed E-state index contributed by atoms with van der Waals surface area (Å²) < 4.78 is 27.0. The van der Waals surface area contributed by atoms with E-state index in [1.54, 1.807) is 41.3 Å². The molecule has 1 heterocycles. The SMILES string of the molecule is CN(c1cccc(Cl)c1)S(=O)(=O)c1cccc(C(=O)N2CC[C@@H](N)C2)c1.Cl. The predicted molar refractivity (Wildman–Crippen MR) is 109 cm³/mol. The van der Waals surface area contributed by atoms with Gasteiger partial charge in [-0.2, -0.15) is 0 Å². The monoisotopic (exact) mass is 429 g/mol. The second-order valence-corrected chi connectivity index (χ2v) is 8.69. The first-order chi connectivity index (χ1) is 12.3. The molecule has 0 saturated carbocycles. The molecule has 9 heteroatoms. The molecule has 27 heavy (non-hydrogen) atoms. The number of benzene rings is 2. The van der Waals surface area contributed by atoms with Crippen molar-refractivity contribution in [2.24, 2.45) is 5.73 Å². The Labute approximate surface area is 170 Å². The molecular formula is C18H21Cl2N3O3S. The van der Waals surface area contributed by atoms with Gasteiger partial charge in [0.1, 0.15) is 0 Å². The van der Waals surface area contributed by atoms with Crippen LogP contribution in [0.5, 0.6) is 0 Å². The predicted octanol–water partition coefficient (Wildman–Crippen LogP) is 2.76. The summed E-state index contributed by atoms with van der Waals surface area (Å²) in [5.74, 6) is -0.208. The first-order valence-corrected chi connectivity index (χ1v) is 10.0. The maximum absolute atomic E-state index is 12.9. The largest absolute Gasteiger partial charge is 0.337 e. The van der Waals surface area contributed by atoms with Crippen molar-refractivity contribution in [2.45, 2.75) is 17.4 Å². The normalized spacial score (nSPS) is 16.7. The minimum Gasteiger partial charge on any atom is -0.337 e. The third-order valence-electron chi connectivity index (χ3n) is 4.42. The summed E-state index contributed by atoms with van der Waals surface area (Å²) in [6, 6.07) is 12.6. The Morgan fingerprint density at radius 1 is 1.22 bits per heavy atom. The van der Waals surface area contributed by atoms with Crippen LogP contribution in [0.15, 0.2) is 53.4 Å². The Hall–Kier alpha value is -1.80. The molecule has 146 valence electrons. The van der Waals surface area contributed by atoms with Crippen LogP contribution >= 0.6 is 24.0 Å². The maximum Gasteiger partial charge on any atom is 0.264 e. The lowest BCUT2D eigenvalue weighted by atomic mass is 10.2. The maximum atomic E-state index is 12.9. The van der Waals surface area contributed by atoms with Crippen molar-refractivity contribution in [1.29, 1.82) is 0 Å². The summed E-state index contributed by atoms with van der Waals surface area (Å²) in [5.41, 5.74) is 6.63. The number of halogens is 2. The van der Waals surface area contributed by atoms with E-state index in [1.165, 1.54) is 19.2 Å². The zero-order chi connectivity index (χ0) is 18.9. The average molecular weight is 430 g/mol. The lowest BCUT2D eigenvalue weighted by Gasteiger charge is -2.21. The molecule has 0 radical (unpaired) electrons. The molecule has 0 spiro atoms. The number of nitrogens with two attached hydrogens (primary N) is 1. The number of carbonyl (C=O) groups excluding carboxylic acids is 1. The van der Waals surface area contributed by atoms with Crippen LogP contribution in [-0.4, -0.2) is 45.4 Å². The Balaban J connectivity index is 0.00000261. The Kier molecular flexibility index (Phi) is 6.75. The van der Waals surface area contributed by atoms with Crippen LogP contribution in [0, 0.1) is 0 Å². The van der Waals surface area contributed by atoms with E-state index in [9.17, 15) is 13.2 Å². The Morgan fingerprint density at radius 3 is 2.56 bits per heavy atom. The molecule has 0 aromatic heterocycles. The molecular weight excluding hydrogens is 409 g/mol. The molecule has 1 fully saturated rings. The van der Waals surface area contributed by atoms with Crippen molar-refractivity contribution in [3.05, 3.63) is 59.1 Å². The molecule has 3 rings (SSSR count). The molecule has 1 atom stereocenters. The van der Waals surface area contributed by atoms with Crippen molar-refractivity contribution in [3.63, 3.8) is 0 Å². The molecule has 1 saturated heterocycles. The standard InChI is InChI=1S/C18H20ClN3O3S.ClH/c1-21(16-6-3-5-14(19)11-16)26(24,25)17-7-2-4-13(10-17)18(23)22-9-8-15(20)12-22;/h2-7,10-11,15H,8-9,12,20H2,1H3;1H/t15-;/m1./s1. The van der Waals surface area contributed by atoms with Gasteiger partial charge in [0.15, 0.2) is 0 Å². The topological polar surface area (TPSA) is 83.7 Å². The molecule has 6 nitrogen and oxygen atoms in total. The van der Waals surface area contributed by atoms with Crippen molar-refractivity contribution in [1.82, 2.24) is 4.90 Å². The van der Waals surface area contributed by atoms with Crippen molar-refractivity contribution < 1.29 is 13.2 Å². The molecule has 0 bridgehead atoms. The number of likely N-dealkylation sites (tertiary alicyclic amines) is 1. The molecule has 1 aliphatic rings. The molecule has 0 aliphatic carbocycles. The summed E-state index contributed by atoms with van der Waals surface area (Å²) in [4.78, 5) is 14.3. The lowest BCUT2D eigenvalue weighted by Crippen LogP contribution is -2.32. The fraction of sp³-hybridized carbons (Fsp3) is 0.278. The van der Waals surface area contributed by atoms with Crippen LogP contribution < -0.4 is 10.0 Å². The Morgan fingerprint density at radius 2 is 1.93 bits per heavy atom. The van der Waals surface area contributed by atoms with E-state index in [4.69, 9.17) is 17.3 Å². The number of nitrogens with zero attached hydrogens (tertiary/aromatic N) is 2. The van der Waals surface area contributed by atoms with E-state index < -0.39 is 10.0 Å². The van der Waals surface area contributed by atoms with E-state index in [1.807, 2.05) is 0 Å². The van der Waals surface area contributed by atoms with Crippen LogP contribution in [0.2, 0.25) is 5.02 Å². The van der Waals surface area contributed by atoms with Gasteiger partial charge in [-0.25, -0.2) is 8.42 Å². The molecule has 2 aromatic rings. The van der Waals surface area contributed by atoms with Crippen LogP contribution in [0.3, 0.4) is 0 Å². The van der Waals surface area contributed by atoms with E-state index in [-0.39, 0.29) is 29.3 Å². The number of rotatable bonds is 4. The van der Waals surface area contributed by atoms with Gasteiger partial charge in [-0.1, -0.05) is 23.7 Å². The third kappa shape index (κ3) is 4.55. The summed E-state index contributed by atoms with van der Waals surface area (Å²) in [6.45, 7) is 1.07. The van der Waals surface area contributed by atoms with Gasteiger partial charge >= 0.3 is 0 Å². The fourth-order valence-corrected chi connectivity index (χ4v) is 4.33. The van der Waals surface area contributed by atoms with Crippen molar-refractivity contribution in [3.8, 4) is 0 Å². The van der Waals surface area contributed by atoms with E-state index in [2.05, 4.69) is 0 Å². The van der Waals surface area contributed by atoms with Gasteiger partial charge in [0.25, 0.3) is 15.9 Å². The van der Waals surface area contributed by atoms with E-state index >= 15 is 0 Å².